The molecular weight excluding hydrogens is 176 g/mol. The van der Waals surface area contributed by atoms with Crippen LogP contribution in [0.1, 0.15) is 5.69 Å². The Morgan fingerprint density at radius 2 is 2.21 bits per heavy atom. The molecule has 0 bridgehead atoms. The Hall–Kier alpha value is -2.08. The topological polar surface area (TPSA) is 49.8 Å². The van der Waals surface area contributed by atoms with Crippen molar-refractivity contribution in [3.05, 3.63) is 42.3 Å². The average molecular weight is 184 g/mol. The first-order valence-electron chi connectivity index (χ1n) is 4.27. The summed E-state index contributed by atoms with van der Waals surface area (Å²) in [6.07, 6.45) is 1.93. The second kappa shape index (κ2) is 3.75. The smallest absolute Gasteiger partial charge is 0.152 e. The molecule has 0 atom stereocenters. The van der Waals surface area contributed by atoms with Gasteiger partial charge >= 0.3 is 0 Å². The molecule has 68 valence electrons. The Labute approximate surface area is 81.6 Å². The van der Waals surface area contributed by atoms with Crippen molar-refractivity contribution in [3.8, 4) is 17.5 Å². The van der Waals surface area contributed by atoms with Gasteiger partial charge in [0.15, 0.2) is 5.76 Å². The van der Waals surface area contributed by atoms with E-state index in [2.05, 4.69) is 11.1 Å². The molecular formula is C11H8N2O. The van der Waals surface area contributed by atoms with Crippen molar-refractivity contribution >= 4 is 0 Å². The fraction of sp³-hybridized carbons (Fsp3) is 0.0909. The van der Waals surface area contributed by atoms with Gasteiger partial charge in [-0.2, -0.15) is 5.26 Å². The monoisotopic (exact) mass is 184 g/mol. The highest BCUT2D eigenvalue weighted by atomic mass is 16.3. The van der Waals surface area contributed by atoms with Gasteiger partial charge in [-0.1, -0.05) is 6.07 Å². The molecule has 3 nitrogen and oxygen atoms in total. The van der Waals surface area contributed by atoms with E-state index < -0.39 is 0 Å². The summed E-state index contributed by atoms with van der Waals surface area (Å²) in [4.78, 5) is 4.29. The molecule has 14 heavy (non-hydrogen) atoms. The minimum Gasteiger partial charge on any atom is -0.463 e. The van der Waals surface area contributed by atoms with Gasteiger partial charge in [-0.3, -0.25) is 0 Å². The zero-order chi connectivity index (χ0) is 9.80. The van der Waals surface area contributed by atoms with Gasteiger partial charge < -0.3 is 4.42 Å². The number of rotatable bonds is 2. The summed E-state index contributed by atoms with van der Waals surface area (Å²) in [6.45, 7) is 0. The predicted molar refractivity (Wildman–Crippen MR) is 51.3 cm³/mol. The van der Waals surface area contributed by atoms with Crippen LogP contribution in [0.3, 0.4) is 0 Å². The van der Waals surface area contributed by atoms with Gasteiger partial charge in [0.1, 0.15) is 5.69 Å². The molecule has 0 unspecified atom stereocenters. The third-order valence-electron chi connectivity index (χ3n) is 1.84. The van der Waals surface area contributed by atoms with Gasteiger partial charge in [-0.25, -0.2) is 4.98 Å². The Morgan fingerprint density at radius 3 is 2.93 bits per heavy atom. The second-order valence-corrected chi connectivity index (χ2v) is 2.83. The maximum atomic E-state index is 8.53. The molecule has 3 heteroatoms. The molecule has 0 spiro atoms. The van der Waals surface area contributed by atoms with E-state index in [1.807, 2.05) is 30.3 Å². The van der Waals surface area contributed by atoms with Crippen molar-refractivity contribution < 1.29 is 4.42 Å². The molecule has 2 aromatic heterocycles. The summed E-state index contributed by atoms with van der Waals surface area (Å²) < 4.78 is 5.21. The summed E-state index contributed by atoms with van der Waals surface area (Å²) >= 11 is 0. The molecule has 0 radical (unpaired) electrons. The van der Waals surface area contributed by atoms with Gasteiger partial charge in [0.2, 0.25) is 0 Å². The van der Waals surface area contributed by atoms with Crippen molar-refractivity contribution in [2.24, 2.45) is 0 Å². The lowest BCUT2D eigenvalue weighted by Crippen LogP contribution is -1.89. The summed E-state index contributed by atoms with van der Waals surface area (Å²) in [6, 6.07) is 11.3. The number of pyridine rings is 1. The van der Waals surface area contributed by atoms with Crippen LogP contribution in [-0.2, 0) is 6.42 Å². The maximum absolute atomic E-state index is 8.53. The number of aromatic nitrogens is 1. The average Bonchev–Trinajstić information content (AvgIpc) is 2.71. The van der Waals surface area contributed by atoms with Gasteiger partial charge in [0.25, 0.3) is 0 Å². The van der Waals surface area contributed by atoms with Gasteiger partial charge in [-0.05, 0) is 24.3 Å². The first-order chi connectivity index (χ1) is 6.90. The SMILES string of the molecule is N#CCc1cccc(-c2ccco2)n1. The molecule has 0 N–H and O–H groups in total. The molecule has 0 saturated heterocycles. The number of hydrogen-bond acceptors (Lipinski definition) is 3. The van der Waals surface area contributed by atoms with Crippen LogP contribution in [0.5, 0.6) is 0 Å². The molecule has 0 aliphatic heterocycles. The molecule has 2 aromatic rings. The van der Waals surface area contributed by atoms with Crippen molar-refractivity contribution in [2.45, 2.75) is 6.42 Å². The van der Waals surface area contributed by atoms with E-state index in [0.29, 0.717) is 6.42 Å². The minimum absolute atomic E-state index is 0.328. The van der Waals surface area contributed by atoms with E-state index in [1.165, 1.54) is 0 Å². The highest BCUT2D eigenvalue weighted by molar-refractivity contribution is 5.51. The van der Waals surface area contributed by atoms with E-state index in [1.54, 1.807) is 6.26 Å². The molecule has 0 aliphatic carbocycles. The number of hydrogen-bond donors (Lipinski definition) is 0. The Balaban J connectivity index is 2.37. The molecule has 0 fully saturated rings. The normalized spacial score (nSPS) is 9.64. The minimum atomic E-state index is 0.328. The predicted octanol–water partition coefficient (Wildman–Crippen LogP) is 2.41. The largest absolute Gasteiger partial charge is 0.463 e. The Kier molecular flexibility index (Phi) is 2.28. The summed E-state index contributed by atoms with van der Waals surface area (Å²) in [5.74, 6) is 0.727. The molecule has 0 saturated carbocycles. The first-order valence-corrected chi connectivity index (χ1v) is 4.27. The number of nitrogens with zero attached hydrogens (tertiary/aromatic N) is 2. The third-order valence-corrected chi connectivity index (χ3v) is 1.84. The summed E-state index contributed by atoms with van der Waals surface area (Å²) in [7, 11) is 0. The van der Waals surface area contributed by atoms with E-state index >= 15 is 0 Å². The van der Waals surface area contributed by atoms with Crippen LogP contribution in [0.2, 0.25) is 0 Å². The molecule has 0 aliphatic rings. The van der Waals surface area contributed by atoms with Crippen LogP contribution < -0.4 is 0 Å². The van der Waals surface area contributed by atoms with Crippen LogP contribution in [0.25, 0.3) is 11.5 Å². The zero-order valence-corrected chi connectivity index (χ0v) is 7.47. The molecule has 0 amide bonds. The second-order valence-electron chi connectivity index (χ2n) is 2.83. The Bertz CT molecular complexity index is 454. The van der Waals surface area contributed by atoms with E-state index in [0.717, 1.165) is 17.1 Å². The van der Waals surface area contributed by atoms with Crippen molar-refractivity contribution in [1.29, 1.82) is 5.26 Å². The molecule has 2 rings (SSSR count). The molecule has 0 aromatic carbocycles. The third kappa shape index (κ3) is 1.64. The van der Waals surface area contributed by atoms with Crippen molar-refractivity contribution in [2.75, 3.05) is 0 Å². The lowest BCUT2D eigenvalue weighted by Gasteiger charge is -1.97. The lowest BCUT2D eigenvalue weighted by molar-refractivity contribution is 0.580. The fourth-order valence-electron chi connectivity index (χ4n) is 1.22. The van der Waals surface area contributed by atoms with E-state index in [4.69, 9.17) is 9.68 Å². The quantitative estimate of drug-likeness (QED) is 0.720. The van der Waals surface area contributed by atoms with Gasteiger partial charge in [0.05, 0.1) is 24.4 Å². The fourth-order valence-corrected chi connectivity index (χ4v) is 1.22. The first kappa shape index (κ1) is 8.52. The Morgan fingerprint density at radius 1 is 1.29 bits per heavy atom. The zero-order valence-electron chi connectivity index (χ0n) is 7.47. The van der Waals surface area contributed by atoms with Crippen LogP contribution in [0, 0.1) is 11.3 Å². The van der Waals surface area contributed by atoms with Crippen LogP contribution >= 0.6 is 0 Å². The number of furan rings is 1. The summed E-state index contributed by atoms with van der Waals surface area (Å²) in [5.41, 5.74) is 1.53. The lowest BCUT2D eigenvalue weighted by atomic mass is 10.2. The highest BCUT2D eigenvalue weighted by Gasteiger charge is 2.02. The van der Waals surface area contributed by atoms with Crippen molar-refractivity contribution in [1.82, 2.24) is 4.98 Å². The van der Waals surface area contributed by atoms with Gasteiger partial charge in [0, 0.05) is 0 Å². The van der Waals surface area contributed by atoms with E-state index in [-0.39, 0.29) is 0 Å². The summed E-state index contributed by atoms with van der Waals surface area (Å²) in [5, 5.41) is 8.53. The van der Waals surface area contributed by atoms with E-state index in [9.17, 15) is 0 Å². The van der Waals surface area contributed by atoms with Crippen molar-refractivity contribution in [3.63, 3.8) is 0 Å². The number of nitriles is 1. The maximum Gasteiger partial charge on any atom is 0.152 e. The highest BCUT2D eigenvalue weighted by Crippen LogP contribution is 2.17. The van der Waals surface area contributed by atoms with Gasteiger partial charge in [-0.15, -0.1) is 0 Å². The standard InChI is InChI=1S/C11H8N2O/c12-7-6-9-3-1-4-10(13-9)11-5-2-8-14-11/h1-5,8H,6H2. The van der Waals surface area contributed by atoms with Crippen LogP contribution in [-0.4, -0.2) is 4.98 Å². The van der Waals surface area contributed by atoms with Crippen LogP contribution in [0.4, 0.5) is 0 Å². The molecule has 2 heterocycles. The van der Waals surface area contributed by atoms with Crippen LogP contribution in [0.15, 0.2) is 41.0 Å².